The van der Waals surface area contributed by atoms with Gasteiger partial charge in [0, 0.05) is 48.0 Å². The molecule has 0 radical (unpaired) electrons. The summed E-state index contributed by atoms with van der Waals surface area (Å²) in [6, 6.07) is 17.2. The Labute approximate surface area is 170 Å². The number of rotatable bonds is 4. The van der Waals surface area contributed by atoms with Gasteiger partial charge in [-0.3, -0.25) is 9.58 Å². The number of methoxy groups -OCH3 is 1. The summed E-state index contributed by atoms with van der Waals surface area (Å²) in [5, 5.41) is 5.79. The number of fused-ring (bicyclic) bond motifs is 3. The van der Waals surface area contributed by atoms with Crippen LogP contribution in [0.25, 0.3) is 10.9 Å². The first kappa shape index (κ1) is 18.0. The molecule has 5 heteroatoms. The fourth-order valence-electron chi connectivity index (χ4n) is 4.57. The van der Waals surface area contributed by atoms with Crippen molar-refractivity contribution in [2.75, 3.05) is 13.7 Å². The number of nitrogens with one attached hydrogen (secondary N) is 1. The molecular formula is C24H26N4O. The molecule has 1 aliphatic heterocycles. The van der Waals surface area contributed by atoms with E-state index in [0.29, 0.717) is 0 Å². The van der Waals surface area contributed by atoms with Gasteiger partial charge in [0.15, 0.2) is 0 Å². The molecule has 2 aromatic heterocycles. The first-order valence-corrected chi connectivity index (χ1v) is 10.1. The minimum Gasteiger partial charge on any atom is -0.497 e. The number of ether oxygens (including phenoxy) is 1. The summed E-state index contributed by atoms with van der Waals surface area (Å²) >= 11 is 0. The Morgan fingerprint density at radius 2 is 2.03 bits per heavy atom. The van der Waals surface area contributed by atoms with Crippen LogP contribution in [0.3, 0.4) is 0 Å². The van der Waals surface area contributed by atoms with Crippen molar-refractivity contribution in [2.24, 2.45) is 7.05 Å². The Kier molecular flexibility index (Phi) is 4.40. The van der Waals surface area contributed by atoms with E-state index in [1.54, 1.807) is 7.11 Å². The molecule has 29 heavy (non-hydrogen) atoms. The van der Waals surface area contributed by atoms with E-state index < -0.39 is 0 Å². The maximum absolute atomic E-state index is 5.53. The lowest BCUT2D eigenvalue weighted by Crippen LogP contribution is -2.35. The number of hydrogen-bond donors (Lipinski definition) is 1. The molecule has 0 aliphatic carbocycles. The molecule has 0 bridgehead atoms. The minimum absolute atomic E-state index is 0.154. The number of aryl methyl sites for hydroxylation is 1. The van der Waals surface area contributed by atoms with Crippen LogP contribution in [0.1, 0.15) is 34.1 Å². The summed E-state index contributed by atoms with van der Waals surface area (Å²) in [5.41, 5.74) is 7.69. The first-order chi connectivity index (χ1) is 14.2. The van der Waals surface area contributed by atoms with Crippen molar-refractivity contribution in [3.63, 3.8) is 0 Å². The van der Waals surface area contributed by atoms with Crippen molar-refractivity contribution >= 4 is 10.9 Å². The molecule has 4 aromatic rings. The number of hydrogen-bond acceptors (Lipinski definition) is 3. The topological polar surface area (TPSA) is 46.1 Å². The van der Waals surface area contributed by atoms with E-state index in [2.05, 4.69) is 64.4 Å². The van der Waals surface area contributed by atoms with Crippen molar-refractivity contribution in [3.8, 4) is 5.75 Å². The summed E-state index contributed by atoms with van der Waals surface area (Å²) in [6.07, 6.45) is 3.04. The molecule has 0 spiro atoms. The number of aromatic amines is 1. The van der Waals surface area contributed by atoms with E-state index >= 15 is 0 Å². The highest BCUT2D eigenvalue weighted by Gasteiger charge is 2.32. The zero-order valence-electron chi connectivity index (χ0n) is 17.1. The second-order valence-electron chi connectivity index (χ2n) is 7.84. The summed E-state index contributed by atoms with van der Waals surface area (Å²) < 4.78 is 7.48. The van der Waals surface area contributed by atoms with Gasteiger partial charge in [-0.25, -0.2) is 0 Å². The average molecular weight is 386 g/mol. The lowest BCUT2D eigenvalue weighted by molar-refractivity contribution is 0.201. The molecule has 1 N–H and O–H groups in total. The van der Waals surface area contributed by atoms with Gasteiger partial charge in [-0.1, -0.05) is 30.3 Å². The highest BCUT2D eigenvalue weighted by Crippen LogP contribution is 2.40. The third-order valence-electron chi connectivity index (χ3n) is 6.25. The summed E-state index contributed by atoms with van der Waals surface area (Å²) in [6.45, 7) is 4.02. The normalized spacial score (nSPS) is 16.9. The standard InChI is InChI=1S/C24H26N4O/c1-16-18(14-25-27(16)2)15-28-12-11-21-20-9-4-5-10-22(20)26-23(21)24(28)17-7-6-8-19(13-17)29-3/h4-10,13-14,24,26H,11-12,15H2,1-3H3/t24-/m1/s1. The van der Waals surface area contributed by atoms with Gasteiger partial charge in [0.25, 0.3) is 0 Å². The fourth-order valence-corrected chi connectivity index (χ4v) is 4.57. The van der Waals surface area contributed by atoms with E-state index in [-0.39, 0.29) is 6.04 Å². The quantitative estimate of drug-likeness (QED) is 0.567. The number of nitrogens with zero attached hydrogens (tertiary/aromatic N) is 3. The lowest BCUT2D eigenvalue weighted by Gasteiger charge is -2.36. The van der Waals surface area contributed by atoms with Crippen LogP contribution in [0.15, 0.2) is 54.7 Å². The third-order valence-corrected chi connectivity index (χ3v) is 6.25. The van der Waals surface area contributed by atoms with Gasteiger partial charge in [0.05, 0.1) is 19.3 Å². The molecule has 5 nitrogen and oxygen atoms in total. The SMILES string of the molecule is COc1cccc([C@@H]2c3[nH]c4ccccc4c3CCN2Cc2cnn(C)c2C)c1. The summed E-state index contributed by atoms with van der Waals surface area (Å²) in [7, 11) is 3.73. The average Bonchev–Trinajstić information content (AvgIpc) is 3.28. The molecule has 0 saturated carbocycles. The second kappa shape index (κ2) is 7.08. The second-order valence-corrected chi connectivity index (χ2v) is 7.84. The molecule has 3 heterocycles. The maximum atomic E-state index is 5.53. The summed E-state index contributed by atoms with van der Waals surface area (Å²) in [4.78, 5) is 6.29. The highest BCUT2D eigenvalue weighted by atomic mass is 16.5. The van der Waals surface area contributed by atoms with Gasteiger partial charge in [0.2, 0.25) is 0 Å². The summed E-state index contributed by atoms with van der Waals surface area (Å²) in [5.74, 6) is 0.892. The molecule has 0 unspecified atom stereocenters. The Bertz CT molecular complexity index is 1170. The van der Waals surface area contributed by atoms with Crippen LogP contribution >= 0.6 is 0 Å². The predicted octanol–water partition coefficient (Wildman–Crippen LogP) is 4.37. The van der Waals surface area contributed by atoms with E-state index in [9.17, 15) is 0 Å². The van der Waals surface area contributed by atoms with Crippen molar-refractivity contribution in [2.45, 2.75) is 25.9 Å². The van der Waals surface area contributed by atoms with Crippen LogP contribution in [0.4, 0.5) is 0 Å². The van der Waals surface area contributed by atoms with Crippen LogP contribution in [0.5, 0.6) is 5.75 Å². The van der Waals surface area contributed by atoms with E-state index in [4.69, 9.17) is 4.74 Å². The zero-order valence-corrected chi connectivity index (χ0v) is 17.1. The van der Waals surface area contributed by atoms with Crippen molar-refractivity contribution < 1.29 is 4.74 Å². The monoisotopic (exact) mass is 386 g/mol. The van der Waals surface area contributed by atoms with E-state index in [1.807, 2.05) is 24.0 Å². The van der Waals surface area contributed by atoms with Gasteiger partial charge in [0.1, 0.15) is 5.75 Å². The number of para-hydroxylation sites is 1. The molecule has 2 aromatic carbocycles. The molecule has 0 saturated heterocycles. The molecule has 0 amide bonds. The van der Waals surface area contributed by atoms with Crippen LogP contribution < -0.4 is 4.74 Å². The van der Waals surface area contributed by atoms with Crippen LogP contribution in [-0.4, -0.2) is 33.3 Å². The highest BCUT2D eigenvalue weighted by molar-refractivity contribution is 5.85. The Morgan fingerprint density at radius 3 is 2.83 bits per heavy atom. The molecular weight excluding hydrogens is 360 g/mol. The Hall–Kier alpha value is -3.05. The molecule has 5 rings (SSSR count). The van der Waals surface area contributed by atoms with Gasteiger partial charge < -0.3 is 9.72 Å². The lowest BCUT2D eigenvalue weighted by atomic mass is 9.92. The van der Waals surface area contributed by atoms with Crippen molar-refractivity contribution in [3.05, 3.63) is 82.8 Å². The van der Waals surface area contributed by atoms with Crippen molar-refractivity contribution in [1.29, 1.82) is 0 Å². The van der Waals surface area contributed by atoms with E-state index in [0.717, 1.165) is 25.3 Å². The molecule has 148 valence electrons. The van der Waals surface area contributed by atoms with Gasteiger partial charge >= 0.3 is 0 Å². The predicted molar refractivity (Wildman–Crippen MR) is 115 cm³/mol. The van der Waals surface area contributed by atoms with Crippen LogP contribution in [0.2, 0.25) is 0 Å². The third kappa shape index (κ3) is 3.02. The van der Waals surface area contributed by atoms with Crippen LogP contribution in [0, 0.1) is 6.92 Å². The van der Waals surface area contributed by atoms with Gasteiger partial charge in [-0.15, -0.1) is 0 Å². The number of benzene rings is 2. The first-order valence-electron chi connectivity index (χ1n) is 10.1. The molecule has 1 atom stereocenters. The Morgan fingerprint density at radius 1 is 1.17 bits per heavy atom. The van der Waals surface area contributed by atoms with Gasteiger partial charge in [-0.05, 0) is 42.7 Å². The van der Waals surface area contributed by atoms with E-state index in [1.165, 1.54) is 39.0 Å². The fraction of sp³-hybridized carbons (Fsp3) is 0.292. The largest absolute Gasteiger partial charge is 0.497 e. The van der Waals surface area contributed by atoms with Crippen molar-refractivity contribution in [1.82, 2.24) is 19.7 Å². The minimum atomic E-state index is 0.154. The zero-order chi connectivity index (χ0) is 20.0. The van der Waals surface area contributed by atoms with Crippen LogP contribution in [-0.2, 0) is 20.0 Å². The Balaban J connectivity index is 1.63. The smallest absolute Gasteiger partial charge is 0.119 e. The van der Waals surface area contributed by atoms with Gasteiger partial charge in [-0.2, -0.15) is 5.10 Å². The maximum Gasteiger partial charge on any atom is 0.119 e. The molecule has 1 aliphatic rings. The molecule has 0 fully saturated rings. The number of H-pyrrole nitrogens is 1. The number of aromatic nitrogens is 3.